The molecule has 2 aromatic rings. The normalized spacial score (nSPS) is 15.2. The predicted octanol–water partition coefficient (Wildman–Crippen LogP) is 3.17. The van der Waals surface area contributed by atoms with Crippen LogP contribution < -0.4 is 0 Å². The first-order valence-electron chi connectivity index (χ1n) is 5.37. The standard InChI is InChI=1S/C11H10BrClN4/c1-17-5-7(4-14-17)11-15-9(6-2-3-6)8(12)10(13)16-11/h4-6H,2-3H2,1H3. The highest BCUT2D eigenvalue weighted by Gasteiger charge is 2.29. The molecule has 0 radical (unpaired) electrons. The summed E-state index contributed by atoms with van der Waals surface area (Å²) < 4.78 is 2.56. The van der Waals surface area contributed by atoms with E-state index in [1.165, 1.54) is 12.8 Å². The van der Waals surface area contributed by atoms with Crippen LogP contribution in [-0.2, 0) is 7.05 Å². The van der Waals surface area contributed by atoms with Gasteiger partial charge in [0, 0.05) is 19.2 Å². The van der Waals surface area contributed by atoms with Gasteiger partial charge in [0.2, 0.25) is 0 Å². The zero-order chi connectivity index (χ0) is 12.0. The van der Waals surface area contributed by atoms with Crippen LogP contribution in [0.4, 0.5) is 0 Å². The molecule has 17 heavy (non-hydrogen) atoms. The third-order valence-electron chi connectivity index (χ3n) is 2.76. The number of hydrogen-bond donors (Lipinski definition) is 0. The molecular formula is C11H10BrClN4. The van der Waals surface area contributed by atoms with Gasteiger partial charge in [-0.25, -0.2) is 9.97 Å². The van der Waals surface area contributed by atoms with Crippen molar-refractivity contribution in [3.63, 3.8) is 0 Å². The minimum atomic E-state index is 0.473. The Kier molecular flexibility index (Phi) is 2.67. The lowest BCUT2D eigenvalue weighted by atomic mass is 10.2. The average molecular weight is 314 g/mol. The van der Waals surface area contributed by atoms with Gasteiger partial charge in [-0.1, -0.05) is 11.6 Å². The van der Waals surface area contributed by atoms with Crippen LogP contribution in [0.2, 0.25) is 5.15 Å². The first-order valence-corrected chi connectivity index (χ1v) is 6.54. The summed E-state index contributed by atoms with van der Waals surface area (Å²) >= 11 is 9.58. The van der Waals surface area contributed by atoms with E-state index < -0.39 is 0 Å². The molecule has 0 spiro atoms. The molecule has 0 atom stereocenters. The lowest BCUT2D eigenvalue weighted by Crippen LogP contribution is -1.96. The second-order valence-corrected chi connectivity index (χ2v) is 5.37. The number of nitrogens with zero attached hydrogens (tertiary/aromatic N) is 4. The van der Waals surface area contributed by atoms with Crippen LogP contribution in [0.5, 0.6) is 0 Å². The molecule has 3 rings (SSSR count). The monoisotopic (exact) mass is 312 g/mol. The molecule has 0 bridgehead atoms. The minimum absolute atomic E-state index is 0.473. The fourth-order valence-electron chi connectivity index (χ4n) is 1.73. The first-order chi connectivity index (χ1) is 8.15. The van der Waals surface area contributed by atoms with Crippen molar-refractivity contribution < 1.29 is 0 Å². The van der Waals surface area contributed by atoms with Crippen molar-refractivity contribution in [3.05, 3.63) is 27.7 Å². The Balaban J connectivity index is 2.11. The largest absolute Gasteiger partial charge is 0.275 e. The van der Waals surface area contributed by atoms with Crippen LogP contribution in [0.25, 0.3) is 11.4 Å². The van der Waals surface area contributed by atoms with Crippen molar-refractivity contribution in [2.24, 2.45) is 7.05 Å². The fraction of sp³-hybridized carbons (Fsp3) is 0.364. The highest BCUT2D eigenvalue weighted by Crippen LogP contribution is 2.44. The van der Waals surface area contributed by atoms with E-state index in [0.29, 0.717) is 16.9 Å². The fourth-order valence-corrected chi connectivity index (χ4v) is 2.41. The maximum absolute atomic E-state index is 6.12. The van der Waals surface area contributed by atoms with Gasteiger partial charge in [-0.2, -0.15) is 5.10 Å². The summed E-state index contributed by atoms with van der Waals surface area (Å²) in [4.78, 5) is 8.86. The minimum Gasteiger partial charge on any atom is -0.275 e. The highest BCUT2D eigenvalue weighted by molar-refractivity contribution is 9.10. The summed E-state index contributed by atoms with van der Waals surface area (Å²) in [6.07, 6.45) is 5.99. The number of halogens is 2. The zero-order valence-electron chi connectivity index (χ0n) is 9.19. The maximum atomic E-state index is 6.12. The number of rotatable bonds is 2. The summed E-state index contributed by atoms with van der Waals surface area (Å²) in [6, 6.07) is 0. The van der Waals surface area contributed by atoms with E-state index in [1.807, 2.05) is 13.2 Å². The van der Waals surface area contributed by atoms with E-state index in [-0.39, 0.29) is 0 Å². The summed E-state index contributed by atoms with van der Waals surface area (Å²) in [5, 5.41) is 4.59. The van der Waals surface area contributed by atoms with Crippen LogP contribution in [0.1, 0.15) is 24.5 Å². The van der Waals surface area contributed by atoms with Crippen molar-refractivity contribution in [1.82, 2.24) is 19.7 Å². The molecule has 0 saturated heterocycles. The molecule has 2 aromatic heterocycles. The zero-order valence-corrected chi connectivity index (χ0v) is 11.5. The molecule has 4 nitrogen and oxygen atoms in total. The quantitative estimate of drug-likeness (QED) is 0.800. The Morgan fingerprint density at radius 1 is 1.41 bits per heavy atom. The smallest absolute Gasteiger partial charge is 0.164 e. The Labute approximate surface area is 112 Å². The maximum Gasteiger partial charge on any atom is 0.164 e. The lowest BCUT2D eigenvalue weighted by Gasteiger charge is -2.05. The molecule has 2 heterocycles. The van der Waals surface area contributed by atoms with E-state index in [0.717, 1.165) is 15.7 Å². The second-order valence-electron chi connectivity index (χ2n) is 4.21. The molecule has 88 valence electrons. The van der Waals surface area contributed by atoms with E-state index in [4.69, 9.17) is 11.6 Å². The molecule has 1 aliphatic carbocycles. The van der Waals surface area contributed by atoms with Gasteiger partial charge in [0.1, 0.15) is 5.15 Å². The van der Waals surface area contributed by atoms with Crippen molar-refractivity contribution in [2.75, 3.05) is 0 Å². The lowest BCUT2D eigenvalue weighted by molar-refractivity contribution is 0.768. The SMILES string of the molecule is Cn1cc(-c2nc(Cl)c(Br)c(C3CC3)n2)cn1. The molecule has 0 N–H and O–H groups in total. The molecule has 1 fully saturated rings. The molecular weight excluding hydrogens is 304 g/mol. The van der Waals surface area contributed by atoms with Crippen LogP contribution in [0.15, 0.2) is 16.9 Å². The molecule has 6 heteroatoms. The topological polar surface area (TPSA) is 43.6 Å². The Morgan fingerprint density at radius 2 is 2.18 bits per heavy atom. The summed E-state index contributed by atoms with van der Waals surface area (Å²) in [6.45, 7) is 0. The van der Waals surface area contributed by atoms with Gasteiger partial charge in [0.05, 0.1) is 21.9 Å². The third-order valence-corrected chi connectivity index (χ3v) is 4.05. The van der Waals surface area contributed by atoms with E-state index in [9.17, 15) is 0 Å². The van der Waals surface area contributed by atoms with E-state index >= 15 is 0 Å². The first kappa shape index (κ1) is 11.2. The van der Waals surface area contributed by atoms with Gasteiger partial charge in [0.15, 0.2) is 5.82 Å². The molecule has 0 aliphatic heterocycles. The Hall–Kier alpha value is -0.940. The molecule has 0 unspecified atom stereocenters. The molecule has 0 aromatic carbocycles. The van der Waals surface area contributed by atoms with Crippen molar-refractivity contribution in [3.8, 4) is 11.4 Å². The van der Waals surface area contributed by atoms with Gasteiger partial charge >= 0.3 is 0 Å². The van der Waals surface area contributed by atoms with Gasteiger partial charge < -0.3 is 0 Å². The van der Waals surface area contributed by atoms with Crippen LogP contribution in [0, 0.1) is 0 Å². The van der Waals surface area contributed by atoms with Crippen LogP contribution in [-0.4, -0.2) is 19.7 Å². The Bertz CT molecular complexity index is 577. The predicted molar refractivity (Wildman–Crippen MR) is 68.9 cm³/mol. The van der Waals surface area contributed by atoms with Gasteiger partial charge in [-0.15, -0.1) is 0 Å². The number of aromatic nitrogens is 4. The molecule has 0 amide bonds. The number of hydrogen-bond acceptors (Lipinski definition) is 3. The molecule has 1 saturated carbocycles. The van der Waals surface area contributed by atoms with Gasteiger partial charge in [-0.05, 0) is 28.8 Å². The van der Waals surface area contributed by atoms with Crippen LogP contribution in [0.3, 0.4) is 0 Å². The van der Waals surface area contributed by atoms with Gasteiger partial charge in [0.25, 0.3) is 0 Å². The number of aryl methyl sites for hydroxylation is 1. The third kappa shape index (κ3) is 2.09. The Morgan fingerprint density at radius 3 is 2.76 bits per heavy atom. The highest BCUT2D eigenvalue weighted by atomic mass is 79.9. The summed E-state index contributed by atoms with van der Waals surface area (Å²) in [7, 11) is 1.87. The average Bonchev–Trinajstić information content (AvgIpc) is 3.05. The van der Waals surface area contributed by atoms with Gasteiger partial charge in [-0.3, -0.25) is 4.68 Å². The summed E-state index contributed by atoms with van der Waals surface area (Å²) in [5.41, 5.74) is 1.91. The second kappa shape index (κ2) is 4.07. The van der Waals surface area contributed by atoms with Crippen molar-refractivity contribution in [2.45, 2.75) is 18.8 Å². The molecule has 1 aliphatic rings. The van der Waals surface area contributed by atoms with Crippen molar-refractivity contribution in [1.29, 1.82) is 0 Å². The van der Waals surface area contributed by atoms with Crippen LogP contribution >= 0.6 is 27.5 Å². The summed E-state index contributed by atoms with van der Waals surface area (Å²) in [5.74, 6) is 1.17. The van der Waals surface area contributed by atoms with E-state index in [2.05, 4.69) is 31.0 Å². The van der Waals surface area contributed by atoms with Crippen molar-refractivity contribution >= 4 is 27.5 Å². The van der Waals surface area contributed by atoms with E-state index in [1.54, 1.807) is 10.9 Å².